The lowest BCUT2D eigenvalue weighted by atomic mass is 9.79. The molecule has 17 heavy (non-hydrogen) atoms. The smallest absolute Gasteiger partial charge is 0.0695 e. The summed E-state index contributed by atoms with van der Waals surface area (Å²) in [7, 11) is 2.22. The summed E-state index contributed by atoms with van der Waals surface area (Å²) in [6.45, 7) is 3.48. The molecule has 100 valence electrons. The number of aliphatic hydroxyl groups excluding tert-OH is 1. The molecule has 0 saturated heterocycles. The van der Waals surface area contributed by atoms with Crippen molar-refractivity contribution < 1.29 is 5.11 Å². The summed E-state index contributed by atoms with van der Waals surface area (Å²) in [5, 5.41) is 10.2. The fraction of sp³-hybridized carbons (Fsp3) is 1.00. The van der Waals surface area contributed by atoms with E-state index in [4.69, 9.17) is 0 Å². The van der Waals surface area contributed by atoms with Crippen LogP contribution in [-0.4, -0.2) is 35.7 Å². The van der Waals surface area contributed by atoms with Gasteiger partial charge in [0.1, 0.15) is 0 Å². The molecule has 0 bridgehead atoms. The van der Waals surface area contributed by atoms with Crippen molar-refractivity contribution in [2.45, 2.75) is 70.4 Å². The largest absolute Gasteiger partial charge is 0.391 e. The molecule has 0 aliphatic heterocycles. The van der Waals surface area contributed by atoms with Crippen LogP contribution in [0.2, 0.25) is 0 Å². The van der Waals surface area contributed by atoms with Crippen molar-refractivity contribution in [3.8, 4) is 0 Å². The van der Waals surface area contributed by atoms with E-state index in [-0.39, 0.29) is 6.10 Å². The van der Waals surface area contributed by atoms with Crippen molar-refractivity contribution in [3.05, 3.63) is 0 Å². The Kier molecular flexibility index (Phi) is 4.87. The number of hydrogen-bond donors (Lipinski definition) is 1. The Morgan fingerprint density at radius 1 is 1.12 bits per heavy atom. The lowest BCUT2D eigenvalue weighted by Crippen LogP contribution is -2.47. The van der Waals surface area contributed by atoms with Crippen LogP contribution >= 0.6 is 0 Å². The summed E-state index contributed by atoms with van der Waals surface area (Å²) in [5.41, 5.74) is 0. The van der Waals surface area contributed by atoms with Gasteiger partial charge >= 0.3 is 0 Å². The second-order valence-electron chi connectivity index (χ2n) is 6.34. The summed E-state index contributed by atoms with van der Waals surface area (Å²) in [4.78, 5) is 2.45. The van der Waals surface area contributed by atoms with Gasteiger partial charge in [0.15, 0.2) is 0 Å². The van der Waals surface area contributed by atoms with Crippen molar-refractivity contribution in [1.29, 1.82) is 0 Å². The molecule has 3 atom stereocenters. The summed E-state index contributed by atoms with van der Waals surface area (Å²) in [6, 6.07) is 0.431. The van der Waals surface area contributed by atoms with Crippen LogP contribution in [0.4, 0.5) is 0 Å². The summed E-state index contributed by atoms with van der Waals surface area (Å²) in [5.74, 6) is 1.77. The minimum absolute atomic E-state index is 0.0758. The molecule has 2 rings (SSSR count). The number of likely N-dealkylation sites (N-methyl/N-ethyl adjacent to an activating group) is 1. The first kappa shape index (κ1) is 13.4. The van der Waals surface area contributed by atoms with Crippen LogP contribution in [0.3, 0.4) is 0 Å². The van der Waals surface area contributed by atoms with E-state index < -0.39 is 0 Å². The van der Waals surface area contributed by atoms with E-state index in [1.54, 1.807) is 0 Å². The molecule has 2 nitrogen and oxygen atoms in total. The zero-order valence-electron chi connectivity index (χ0n) is 11.6. The predicted molar refractivity (Wildman–Crippen MR) is 72.0 cm³/mol. The number of hydrogen-bond acceptors (Lipinski definition) is 2. The molecule has 3 unspecified atom stereocenters. The third-order valence-electron chi connectivity index (χ3n) is 4.92. The fourth-order valence-electron chi connectivity index (χ4n) is 3.58. The Bertz CT molecular complexity index is 227. The lowest BCUT2D eigenvalue weighted by Gasteiger charge is -2.41. The molecule has 2 heteroatoms. The zero-order valence-corrected chi connectivity index (χ0v) is 11.6. The Labute approximate surface area is 106 Å². The van der Waals surface area contributed by atoms with Gasteiger partial charge in [0.05, 0.1) is 6.10 Å². The van der Waals surface area contributed by atoms with Crippen LogP contribution in [0.25, 0.3) is 0 Å². The van der Waals surface area contributed by atoms with Crippen LogP contribution in [0.1, 0.15) is 58.3 Å². The van der Waals surface area contributed by atoms with Crippen LogP contribution in [0, 0.1) is 11.8 Å². The average molecular weight is 239 g/mol. The van der Waals surface area contributed by atoms with E-state index in [9.17, 15) is 5.11 Å². The van der Waals surface area contributed by atoms with Gasteiger partial charge in [0.25, 0.3) is 0 Å². The van der Waals surface area contributed by atoms with E-state index in [0.29, 0.717) is 6.04 Å². The van der Waals surface area contributed by atoms with Crippen LogP contribution in [-0.2, 0) is 0 Å². The monoisotopic (exact) mass is 239 g/mol. The quantitative estimate of drug-likeness (QED) is 0.797. The number of nitrogens with zero attached hydrogens (tertiary/aromatic N) is 1. The first-order valence-corrected chi connectivity index (χ1v) is 7.59. The van der Waals surface area contributed by atoms with E-state index in [1.165, 1.54) is 51.5 Å². The maximum absolute atomic E-state index is 10.2. The topological polar surface area (TPSA) is 23.5 Å². The maximum Gasteiger partial charge on any atom is 0.0695 e. The van der Waals surface area contributed by atoms with Crippen molar-refractivity contribution in [2.75, 3.05) is 13.6 Å². The highest BCUT2D eigenvalue weighted by atomic mass is 16.3. The van der Waals surface area contributed by atoms with Crippen molar-refractivity contribution in [2.24, 2.45) is 11.8 Å². The highest BCUT2D eigenvalue weighted by Gasteiger charge is 2.32. The molecule has 2 fully saturated rings. The molecule has 2 saturated carbocycles. The molecule has 0 aromatic rings. The summed E-state index contributed by atoms with van der Waals surface area (Å²) < 4.78 is 0. The van der Waals surface area contributed by atoms with Crippen molar-refractivity contribution in [3.63, 3.8) is 0 Å². The number of rotatable bonds is 5. The molecule has 1 N–H and O–H groups in total. The number of aliphatic hydroxyl groups is 1. The van der Waals surface area contributed by atoms with Gasteiger partial charge < -0.3 is 10.0 Å². The first-order valence-electron chi connectivity index (χ1n) is 7.59. The van der Waals surface area contributed by atoms with E-state index in [1.807, 2.05) is 0 Å². The van der Waals surface area contributed by atoms with Crippen LogP contribution in [0.5, 0.6) is 0 Å². The Morgan fingerprint density at radius 3 is 2.47 bits per heavy atom. The normalized spacial score (nSPS) is 34.9. The molecule has 2 aliphatic carbocycles. The van der Waals surface area contributed by atoms with Crippen LogP contribution < -0.4 is 0 Å². The van der Waals surface area contributed by atoms with Crippen molar-refractivity contribution >= 4 is 0 Å². The van der Waals surface area contributed by atoms with Gasteiger partial charge in [-0.25, -0.2) is 0 Å². The molecular formula is C15H29NO. The standard InChI is InChI=1S/C15H29NO/c1-3-5-12-8-9-15(17)14(10-12)16(2)11-13-6-4-7-13/h12-15,17H,3-11H2,1-2H3. The Morgan fingerprint density at radius 2 is 1.88 bits per heavy atom. The molecule has 2 aliphatic rings. The van der Waals surface area contributed by atoms with Gasteiger partial charge in [-0.2, -0.15) is 0 Å². The van der Waals surface area contributed by atoms with Gasteiger partial charge in [-0.05, 0) is 51.0 Å². The van der Waals surface area contributed by atoms with Crippen LogP contribution in [0.15, 0.2) is 0 Å². The second-order valence-corrected chi connectivity index (χ2v) is 6.34. The Balaban J connectivity index is 1.82. The summed E-state index contributed by atoms with van der Waals surface area (Å²) >= 11 is 0. The highest BCUT2D eigenvalue weighted by Crippen LogP contribution is 2.33. The zero-order chi connectivity index (χ0) is 12.3. The minimum atomic E-state index is -0.0758. The molecule has 0 aromatic carbocycles. The first-order chi connectivity index (χ1) is 8.20. The second kappa shape index (κ2) is 6.19. The van der Waals surface area contributed by atoms with Gasteiger partial charge in [0, 0.05) is 12.6 Å². The lowest BCUT2D eigenvalue weighted by molar-refractivity contribution is 0.00217. The molecular weight excluding hydrogens is 210 g/mol. The van der Waals surface area contributed by atoms with Gasteiger partial charge in [0.2, 0.25) is 0 Å². The van der Waals surface area contributed by atoms with Gasteiger partial charge in [-0.1, -0.05) is 26.2 Å². The molecule has 0 aromatic heterocycles. The predicted octanol–water partition coefficient (Wildman–Crippen LogP) is 3.05. The summed E-state index contributed by atoms with van der Waals surface area (Å²) in [6.07, 6.45) is 10.3. The van der Waals surface area contributed by atoms with Gasteiger partial charge in [-0.3, -0.25) is 0 Å². The Hall–Kier alpha value is -0.0800. The average Bonchev–Trinajstić information content (AvgIpc) is 2.26. The molecule has 0 amide bonds. The van der Waals surface area contributed by atoms with Crippen molar-refractivity contribution in [1.82, 2.24) is 4.90 Å². The SMILES string of the molecule is CCCC1CCC(O)C(N(C)CC2CCC2)C1. The van der Waals surface area contributed by atoms with E-state index >= 15 is 0 Å². The molecule has 0 radical (unpaired) electrons. The van der Waals surface area contributed by atoms with E-state index in [0.717, 1.165) is 18.3 Å². The minimum Gasteiger partial charge on any atom is -0.391 e. The fourth-order valence-corrected chi connectivity index (χ4v) is 3.58. The molecule has 0 heterocycles. The third-order valence-corrected chi connectivity index (χ3v) is 4.92. The third kappa shape index (κ3) is 3.45. The van der Waals surface area contributed by atoms with Gasteiger partial charge in [-0.15, -0.1) is 0 Å². The highest BCUT2D eigenvalue weighted by molar-refractivity contribution is 4.87. The maximum atomic E-state index is 10.2. The molecule has 0 spiro atoms. The van der Waals surface area contributed by atoms with E-state index in [2.05, 4.69) is 18.9 Å².